The molecule has 2 heterocycles. The largest absolute Gasteiger partial charge is 0.337 e. The molecule has 4 heteroatoms. The zero-order valence-corrected chi connectivity index (χ0v) is 17.5. The maximum Gasteiger partial charge on any atom is 0.149 e. The van der Waals surface area contributed by atoms with Gasteiger partial charge in [0.2, 0.25) is 0 Å². The highest BCUT2D eigenvalue weighted by Gasteiger charge is 2.15. The van der Waals surface area contributed by atoms with Crippen molar-refractivity contribution < 1.29 is 0 Å². The number of hydrogen-bond acceptors (Lipinski definition) is 2. The molecular formula is C25H24N4. The van der Waals surface area contributed by atoms with Crippen LogP contribution in [0.3, 0.4) is 0 Å². The van der Waals surface area contributed by atoms with Gasteiger partial charge in [0, 0.05) is 11.4 Å². The first-order valence-corrected chi connectivity index (χ1v) is 9.73. The summed E-state index contributed by atoms with van der Waals surface area (Å²) in [6, 6.07) is 16.9. The molecule has 2 aromatic heterocycles. The average molecular weight is 380 g/mol. The third kappa shape index (κ3) is 3.25. The van der Waals surface area contributed by atoms with Gasteiger partial charge in [0.05, 0.1) is 22.3 Å². The quantitative estimate of drug-likeness (QED) is 0.446. The van der Waals surface area contributed by atoms with Gasteiger partial charge < -0.3 is 9.55 Å². The van der Waals surface area contributed by atoms with E-state index in [4.69, 9.17) is 0 Å². The molecule has 0 aliphatic rings. The number of rotatable bonds is 3. The van der Waals surface area contributed by atoms with Crippen molar-refractivity contribution in [2.75, 3.05) is 0 Å². The molecule has 0 radical (unpaired) electrons. The zero-order valence-electron chi connectivity index (χ0n) is 17.5. The molecule has 1 N–H and O–H groups in total. The number of para-hydroxylation sites is 1. The van der Waals surface area contributed by atoms with Gasteiger partial charge in [0.15, 0.2) is 0 Å². The van der Waals surface area contributed by atoms with Crippen LogP contribution in [-0.4, -0.2) is 14.5 Å². The standard InChI is InChI=1S/C25H24N4/c1-15-9-10-22-23(11-15)28-25(27-22)21(14-26)13-20-12-18(4)29(19(20)5)24-16(2)7-6-8-17(24)3/h6-13H,1-5H3,(H,27,28)/b21-13-. The van der Waals surface area contributed by atoms with E-state index in [0.29, 0.717) is 11.4 Å². The second-order valence-corrected chi connectivity index (χ2v) is 7.68. The number of nitrogens with one attached hydrogen (secondary N) is 1. The number of aryl methyl sites for hydroxylation is 4. The molecule has 0 bridgehead atoms. The van der Waals surface area contributed by atoms with Gasteiger partial charge in [-0.2, -0.15) is 5.26 Å². The van der Waals surface area contributed by atoms with E-state index >= 15 is 0 Å². The molecular weight excluding hydrogens is 356 g/mol. The number of aromatic nitrogens is 3. The van der Waals surface area contributed by atoms with Gasteiger partial charge in [-0.1, -0.05) is 24.3 Å². The van der Waals surface area contributed by atoms with Gasteiger partial charge in [-0.05, 0) is 81.1 Å². The molecule has 4 nitrogen and oxygen atoms in total. The minimum absolute atomic E-state index is 0.528. The second kappa shape index (κ2) is 7.10. The van der Waals surface area contributed by atoms with Crippen LogP contribution in [0.1, 0.15) is 39.5 Å². The maximum absolute atomic E-state index is 9.81. The van der Waals surface area contributed by atoms with Gasteiger partial charge in [-0.15, -0.1) is 0 Å². The van der Waals surface area contributed by atoms with Crippen molar-refractivity contribution in [1.82, 2.24) is 14.5 Å². The number of fused-ring (bicyclic) bond motifs is 1. The number of nitriles is 1. The van der Waals surface area contributed by atoms with Crippen LogP contribution < -0.4 is 0 Å². The van der Waals surface area contributed by atoms with Crippen molar-refractivity contribution in [3.05, 3.63) is 81.9 Å². The number of hydrogen-bond donors (Lipinski definition) is 1. The number of imidazole rings is 1. The molecule has 0 unspecified atom stereocenters. The molecule has 0 saturated carbocycles. The summed E-state index contributed by atoms with van der Waals surface area (Å²) in [7, 11) is 0. The number of nitrogens with zero attached hydrogens (tertiary/aromatic N) is 3. The van der Waals surface area contributed by atoms with Crippen LogP contribution >= 0.6 is 0 Å². The van der Waals surface area contributed by atoms with E-state index in [1.807, 2.05) is 31.2 Å². The SMILES string of the molecule is Cc1ccc2nc(/C(C#N)=C\c3cc(C)n(-c4c(C)cccc4C)c3C)[nH]c2c1. The fourth-order valence-corrected chi connectivity index (χ4v) is 4.00. The highest BCUT2D eigenvalue weighted by Crippen LogP contribution is 2.28. The van der Waals surface area contributed by atoms with Crippen LogP contribution in [0.25, 0.3) is 28.4 Å². The lowest BCUT2D eigenvalue weighted by Gasteiger charge is -2.15. The fraction of sp³-hybridized carbons (Fsp3) is 0.200. The lowest BCUT2D eigenvalue weighted by molar-refractivity contribution is 0.943. The predicted molar refractivity (Wildman–Crippen MR) is 119 cm³/mol. The minimum atomic E-state index is 0.528. The van der Waals surface area contributed by atoms with Crippen LogP contribution in [0.2, 0.25) is 0 Å². The first-order valence-electron chi connectivity index (χ1n) is 9.73. The number of aromatic amines is 1. The number of benzene rings is 2. The molecule has 29 heavy (non-hydrogen) atoms. The van der Waals surface area contributed by atoms with Crippen molar-refractivity contribution in [1.29, 1.82) is 5.26 Å². The fourth-order valence-electron chi connectivity index (χ4n) is 4.00. The van der Waals surface area contributed by atoms with Gasteiger partial charge in [-0.25, -0.2) is 4.98 Å². The first-order chi connectivity index (χ1) is 13.9. The van der Waals surface area contributed by atoms with E-state index in [2.05, 4.69) is 72.6 Å². The van der Waals surface area contributed by atoms with Crippen LogP contribution in [0.4, 0.5) is 0 Å². The molecule has 0 amide bonds. The highest BCUT2D eigenvalue weighted by atomic mass is 15.0. The summed E-state index contributed by atoms with van der Waals surface area (Å²) in [4.78, 5) is 7.90. The minimum Gasteiger partial charge on any atom is -0.337 e. The van der Waals surface area contributed by atoms with Crippen molar-refractivity contribution in [3.63, 3.8) is 0 Å². The lowest BCUT2D eigenvalue weighted by Crippen LogP contribution is -2.04. The van der Waals surface area contributed by atoms with Crippen LogP contribution in [0.15, 0.2) is 42.5 Å². The Balaban J connectivity index is 1.84. The summed E-state index contributed by atoms with van der Waals surface area (Å²) in [5.74, 6) is 0.602. The molecule has 0 spiro atoms. The van der Waals surface area contributed by atoms with Crippen molar-refractivity contribution >= 4 is 22.7 Å². The van der Waals surface area contributed by atoms with Crippen molar-refractivity contribution in [3.8, 4) is 11.8 Å². The molecule has 0 fully saturated rings. The monoisotopic (exact) mass is 380 g/mol. The Kier molecular flexibility index (Phi) is 4.60. The van der Waals surface area contributed by atoms with E-state index in [1.165, 1.54) is 16.8 Å². The lowest BCUT2D eigenvalue weighted by atomic mass is 10.1. The van der Waals surface area contributed by atoms with Crippen LogP contribution in [-0.2, 0) is 0 Å². The third-order valence-corrected chi connectivity index (χ3v) is 5.45. The Labute approximate surface area is 171 Å². The average Bonchev–Trinajstić information content (AvgIpc) is 3.21. The van der Waals surface area contributed by atoms with Crippen LogP contribution in [0.5, 0.6) is 0 Å². The molecule has 0 aliphatic heterocycles. The Morgan fingerprint density at radius 2 is 1.76 bits per heavy atom. The Bertz CT molecular complexity index is 1290. The summed E-state index contributed by atoms with van der Waals surface area (Å²) in [5.41, 5.74) is 10.5. The molecule has 144 valence electrons. The summed E-state index contributed by atoms with van der Waals surface area (Å²) < 4.78 is 2.27. The number of allylic oxidation sites excluding steroid dienone is 1. The smallest absolute Gasteiger partial charge is 0.149 e. The summed E-state index contributed by atoms with van der Waals surface area (Å²) in [6.07, 6.45) is 1.93. The molecule has 0 saturated heterocycles. The number of H-pyrrole nitrogens is 1. The Morgan fingerprint density at radius 3 is 2.45 bits per heavy atom. The van der Waals surface area contributed by atoms with Gasteiger partial charge >= 0.3 is 0 Å². The predicted octanol–water partition coefficient (Wildman–Crippen LogP) is 5.96. The summed E-state index contributed by atoms with van der Waals surface area (Å²) in [5, 5.41) is 9.81. The van der Waals surface area contributed by atoms with Crippen molar-refractivity contribution in [2.24, 2.45) is 0 Å². The van der Waals surface area contributed by atoms with E-state index in [1.54, 1.807) is 0 Å². The highest BCUT2D eigenvalue weighted by molar-refractivity contribution is 5.91. The molecule has 4 rings (SSSR count). The summed E-state index contributed by atoms with van der Waals surface area (Å²) in [6.45, 7) is 10.5. The molecule has 0 atom stereocenters. The van der Waals surface area contributed by atoms with Crippen LogP contribution in [0, 0.1) is 45.9 Å². The first kappa shape index (κ1) is 18.8. The second-order valence-electron chi connectivity index (χ2n) is 7.68. The molecule has 2 aromatic carbocycles. The Morgan fingerprint density at radius 1 is 1.03 bits per heavy atom. The third-order valence-electron chi connectivity index (χ3n) is 5.45. The van der Waals surface area contributed by atoms with E-state index in [-0.39, 0.29) is 0 Å². The van der Waals surface area contributed by atoms with Gasteiger partial charge in [-0.3, -0.25) is 0 Å². The van der Waals surface area contributed by atoms with E-state index < -0.39 is 0 Å². The Hall–Kier alpha value is -3.58. The van der Waals surface area contributed by atoms with Crippen molar-refractivity contribution in [2.45, 2.75) is 34.6 Å². The molecule has 4 aromatic rings. The van der Waals surface area contributed by atoms with Gasteiger partial charge in [0.25, 0.3) is 0 Å². The van der Waals surface area contributed by atoms with E-state index in [0.717, 1.165) is 33.5 Å². The summed E-state index contributed by atoms with van der Waals surface area (Å²) >= 11 is 0. The van der Waals surface area contributed by atoms with Gasteiger partial charge in [0.1, 0.15) is 11.9 Å². The normalized spacial score (nSPS) is 11.8. The zero-order chi connectivity index (χ0) is 20.7. The topological polar surface area (TPSA) is 57.4 Å². The van der Waals surface area contributed by atoms with E-state index in [9.17, 15) is 5.26 Å². The molecule has 0 aliphatic carbocycles. The maximum atomic E-state index is 9.81.